The molecule has 0 spiro atoms. The Bertz CT molecular complexity index is 1360. The number of hydrogen-bond acceptors (Lipinski definition) is 7. The summed E-state index contributed by atoms with van der Waals surface area (Å²) in [5.41, 5.74) is 5.71. The van der Waals surface area contributed by atoms with Crippen LogP contribution in [0.25, 0.3) is 11.3 Å². The normalized spacial score (nSPS) is 10.9. The number of nitrogens with one attached hydrogen (secondary N) is 2. The van der Waals surface area contributed by atoms with Crippen molar-refractivity contribution in [3.05, 3.63) is 87.4 Å². The third kappa shape index (κ3) is 6.19. The van der Waals surface area contributed by atoms with Crippen LogP contribution in [0, 0.1) is 0 Å². The summed E-state index contributed by atoms with van der Waals surface area (Å²) in [5, 5.41) is 8.96. The quantitative estimate of drug-likeness (QED) is 0.177. The average molecular weight is 572 g/mol. The second-order valence-corrected chi connectivity index (χ2v) is 9.50. The number of hydrogen-bond donors (Lipinski definition) is 2. The zero-order valence-electron chi connectivity index (χ0n) is 18.7. The maximum atomic E-state index is 12.8. The lowest BCUT2D eigenvalue weighted by Gasteiger charge is -2.07. The van der Waals surface area contributed by atoms with Gasteiger partial charge in [-0.15, -0.1) is 0 Å². The number of nitrogens with zero attached hydrogens (tertiary/aromatic N) is 2. The number of aromatic nitrogens is 1. The average Bonchev–Trinajstić information content (AvgIpc) is 3.27. The lowest BCUT2D eigenvalue weighted by Crippen LogP contribution is -2.11. The van der Waals surface area contributed by atoms with Crippen LogP contribution in [0.1, 0.15) is 15.9 Å². The van der Waals surface area contributed by atoms with E-state index in [4.69, 9.17) is 21.1 Å². The molecule has 4 rings (SSSR count). The van der Waals surface area contributed by atoms with Gasteiger partial charge in [-0.25, -0.2) is 4.98 Å². The van der Waals surface area contributed by atoms with Gasteiger partial charge in [0.25, 0.3) is 5.91 Å². The first kappa shape index (κ1) is 24.7. The molecule has 0 aliphatic carbocycles. The van der Waals surface area contributed by atoms with Gasteiger partial charge in [-0.05, 0) is 60.2 Å². The molecule has 3 aromatic carbocycles. The molecule has 0 aliphatic heterocycles. The molecule has 7 nitrogen and oxygen atoms in total. The molecule has 0 saturated carbocycles. The number of amides is 1. The fourth-order valence-corrected chi connectivity index (χ4v) is 4.35. The monoisotopic (exact) mass is 570 g/mol. The zero-order valence-corrected chi connectivity index (χ0v) is 21.9. The van der Waals surface area contributed by atoms with Crippen molar-refractivity contribution >= 4 is 61.1 Å². The van der Waals surface area contributed by atoms with E-state index in [2.05, 4.69) is 36.8 Å². The van der Waals surface area contributed by atoms with Crippen LogP contribution in [0.15, 0.2) is 76.3 Å². The van der Waals surface area contributed by atoms with Gasteiger partial charge in [0.05, 0.1) is 20.4 Å². The summed E-state index contributed by atoms with van der Waals surface area (Å²) >= 11 is 10.7. The van der Waals surface area contributed by atoms with Crippen LogP contribution in [0.2, 0.25) is 5.02 Å². The standard InChI is InChI=1S/C25H20BrClN4O3S/c1-33-20-12-3-15(13-21(20)34-2)14-28-31-25-29-22(16-6-10-19(27)11-7-16)24(35-25)30-23(32)17-4-8-18(26)9-5-17/h3-14H,1-2H3,(H,29,31)(H,30,32)/b28-14-. The van der Waals surface area contributed by atoms with Crippen molar-refractivity contribution in [2.75, 3.05) is 25.0 Å². The molecule has 0 unspecified atom stereocenters. The summed E-state index contributed by atoms with van der Waals surface area (Å²) in [5.74, 6) is 1.00. The highest BCUT2D eigenvalue weighted by Gasteiger charge is 2.17. The highest BCUT2D eigenvalue weighted by molar-refractivity contribution is 9.10. The third-order valence-corrected chi connectivity index (χ3v) is 6.52. The first-order valence-electron chi connectivity index (χ1n) is 10.3. The van der Waals surface area contributed by atoms with Crippen LogP contribution in [0.4, 0.5) is 10.1 Å². The minimum absolute atomic E-state index is 0.239. The van der Waals surface area contributed by atoms with Gasteiger partial charge in [-0.2, -0.15) is 5.10 Å². The van der Waals surface area contributed by atoms with E-state index in [9.17, 15) is 4.79 Å². The van der Waals surface area contributed by atoms with Gasteiger partial charge < -0.3 is 14.8 Å². The van der Waals surface area contributed by atoms with Gasteiger partial charge in [0.15, 0.2) is 11.5 Å². The second-order valence-electron chi connectivity index (χ2n) is 7.15. The number of benzene rings is 3. The lowest BCUT2D eigenvalue weighted by molar-refractivity contribution is 0.102. The van der Waals surface area contributed by atoms with Crippen molar-refractivity contribution in [1.82, 2.24) is 4.98 Å². The summed E-state index contributed by atoms with van der Waals surface area (Å²) in [6.45, 7) is 0. The molecular weight excluding hydrogens is 552 g/mol. The molecule has 1 amide bonds. The second kappa shape index (κ2) is 11.4. The van der Waals surface area contributed by atoms with Gasteiger partial charge in [0, 0.05) is 20.6 Å². The Balaban J connectivity index is 1.58. The maximum absolute atomic E-state index is 12.8. The molecule has 10 heteroatoms. The maximum Gasteiger partial charge on any atom is 0.256 e. The van der Waals surface area contributed by atoms with Gasteiger partial charge in [0.1, 0.15) is 10.7 Å². The van der Waals surface area contributed by atoms with E-state index in [0.29, 0.717) is 37.9 Å². The van der Waals surface area contributed by atoms with Crippen molar-refractivity contribution in [1.29, 1.82) is 0 Å². The molecule has 1 heterocycles. The van der Waals surface area contributed by atoms with Crippen LogP contribution in [-0.2, 0) is 0 Å². The Morgan fingerprint density at radius 1 is 1.03 bits per heavy atom. The molecular formula is C25H20BrClN4O3S. The first-order valence-corrected chi connectivity index (χ1v) is 12.3. The van der Waals surface area contributed by atoms with Crippen molar-refractivity contribution < 1.29 is 14.3 Å². The van der Waals surface area contributed by atoms with Gasteiger partial charge in [-0.1, -0.05) is 51.0 Å². The van der Waals surface area contributed by atoms with Crippen LogP contribution in [-0.4, -0.2) is 31.3 Å². The van der Waals surface area contributed by atoms with Crippen molar-refractivity contribution in [2.24, 2.45) is 5.10 Å². The van der Waals surface area contributed by atoms with Crippen molar-refractivity contribution in [3.8, 4) is 22.8 Å². The molecule has 0 bridgehead atoms. The third-order valence-electron chi connectivity index (χ3n) is 4.86. The molecule has 2 N–H and O–H groups in total. The number of carbonyl (C=O) groups is 1. The predicted octanol–water partition coefficient (Wildman–Crippen LogP) is 6.94. The Hall–Kier alpha value is -3.40. The SMILES string of the molecule is COc1ccc(/C=N\Nc2nc(-c3ccc(Cl)cc3)c(NC(=O)c3ccc(Br)cc3)s2)cc1OC. The fraction of sp³-hybridized carbons (Fsp3) is 0.0800. The molecule has 0 aliphatic rings. The molecule has 0 atom stereocenters. The summed E-state index contributed by atoms with van der Waals surface area (Å²) in [6, 6.07) is 19.9. The molecule has 0 saturated heterocycles. The number of thiazole rings is 1. The van der Waals surface area contributed by atoms with E-state index in [1.165, 1.54) is 11.3 Å². The summed E-state index contributed by atoms with van der Waals surface area (Å²) in [6.07, 6.45) is 1.64. The Kier molecular flexibility index (Phi) is 8.02. The summed E-state index contributed by atoms with van der Waals surface area (Å²) in [7, 11) is 3.16. The smallest absolute Gasteiger partial charge is 0.256 e. The number of halogens is 2. The number of carbonyl (C=O) groups excluding carboxylic acids is 1. The molecule has 35 heavy (non-hydrogen) atoms. The highest BCUT2D eigenvalue weighted by atomic mass is 79.9. The molecule has 1 aromatic heterocycles. The van der Waals surface area contributed by atoms with Crippen molar-refractivity contribution in [2.45, 2.75) is 0 Å². The number of ether oxygens (including phenoxy) is 2. The minimum atomic E-state index is -0.239. The number of hydrazone groups is 1. The van der Waals surface area contributed by atoms with Gasteiger partial charge in [0.2, 0.25) is 5.13 Å². The van der Waals surface area contributed by atoms with Crippen LogP contribution < -0.4 is 20.2 Å². The zero-order chi connectivity index (χ0) is 24.8. The largest absolute Gasteiger partial charge is 0.493 e. The van der Waals surface area contributed by atoms with Crippen LogP contribution in [0.3, 0.4) is 0 Å². The Labute approximate surface area is 219 Å². The van der Waals surface area contributed by atoms with Gasteiger partial charge in [-0.3, -0.25) is 10.2 Å². The number of methoxy groups -OCH3 is 2. The van der Waals surface area contributed by atoms with Crippen LogP contribution >= 0.6 is 38.9 Å². The minimum Gasteiger partial charge on any atom is -0.493 e. The van der Waals surface area contributed by atoms with E-state index in [1.54, 1.807) is 50.8 Å². The fourth-order valence-electron chi connectivity index (χ4n) is 3.13. The molecule has 4 aromatic rings. The van der Waals surface area contributed by atoms with E-state index in [0.717, 1.165) is 15.6 Å². The summed E-state index contributed by atoms with van der Waals surface area (Å²) < 4.78 is 11.5. The molecule has 178 valence electrons. The molecule has 0 radical (unpaired) electrons. The summed E-state index contributed by atoms with van der Waals surface area (Å²) in [4.78, 5) is 17.5. The van der Waals surface area contributed by atoms with E-state index < -0.39 is 0 Å². The highest BCUT2D eigenvalue weighted by Crippen LogP contribution is 2.37. The Morgan fingerprint density at radius 2 is 1.74 bits per heavy atom. The van der Waals surface area contributed by atoms with Gasteiger partial charge >= 0.3 is 0 Å². The van der Waals surface area contributed by atoms with E-state index >= 15 is 0 Å². The van der Waals surface area contributed by atoms with E-state index in [1.807, 2.05) is 36.4 Å². The number of anilines is 2. The predicted molar refractivity (Wildman–Crippen MR) is 145 cm³/mol. The lowest BCUT2D eigenvalue weighted by atomic mass is 10.1. The van der Waals surface area contributed by atoms with Crippen LogP contribution in [0.5, 0.6) is 11.5 Å². The topological polar surface area (TPSA) is 84.8 Å². The van der Waals surface area contributed by atoms with Crippen molar-refractivity contribution in [3.63, 3.8) is 0 Å². The Morgan fingerprint density at radius 3 is 2.43 bits per heavy atom. The van der Waals surface area contributed by atoms with E-state index in [-0.39, 0.29) is 5.91 Å². The first-order chi connectivity index (χ1) is 17.0. The molecule has 0 fully saturated rings. The number of rotatable bonds is 8.